The zero-order valence-electron chi connectivity index (χ0n) is 15.6. The summed E-state index contributed by atoms with van der Waals surface area (Å²) in [5.74, 6) is 0.355. The van der Waals surface area contributed by atoms with Crippen molar-refractivity contribution >= 4 is 18.5 Å². The summed E-state index contributed by atoms with van der Waals surface area (Å²) < 4.78 is 0. The third-order valence-corrected chi connectivity index (χ3v) is 4.78. The summed E-state index contributed by atoms with van der Waals surface area (Å²) in [6, 6.07) is 0. The summed E-state index contributed by atoms with van der Waals surface area (Å²) in [5.41, 5.74) is 0. The SMILES string of the molecule is CCCCCCCCCCCCCCCCCCNC(=O)CS. The molecule has 0 spiro atoms. The minimum absolute atomic E-state index is 0.0503. The Balaban J connectivity index is 2.99. The van der Waals surface area contributed by atoms with Crippen LogP contribution in [0.1, 0.15) is 110 Å². The first-order valence-electron chi connectivity index (χ1n) is 10.2. The number of hydrogen-bond donors (Lipinski definition) is 2. The topological polar surface area (TPSA) is 29.1 Å². The molecular weight excluding hydrogens is 302 g/mol. The molecule has 0 heterocycles. The van der Waals surface area contributed by atoms with Crippen LogP contribution < -0.4 is 5.32 Å². The zero-order valence-corrected chi connectivity index (χ0v) is 16.5. The van der Waals surface area contributed by atoms with Gasteiger partial charge in [0, 0.05) is 6.54 Å². The van der Waals surface area contributed by atoms with E-state index < -0.39 is 0 Å². The van der Waals surface area contributed by atoms with Crippen molar-refractivity contribution in [3.63, 3.8) is 0 Å². The Bertz CT molecular complexity index is 246. The number of thiol groups is 1. The van der Waals surface area contributed by atoms with E-state index in [0.29, 0.717) is 5.75 Å². The molecule has 0 aromatic heterocycles. The fourth-order valence-electron chi connectivity index (χ4n) is 2.96. The highest BCUT2D eigenvalue weighted by Gasteiger charge is 1.96. The van der Waals surface area contributed by atoms with Crippen LogP contribution in [0, 0.1) is 0 Å². The molecule has 0 fully saturated rings. The van der Waals surface area contributed by atoms with Gasteiger partial charge in [0.2, 0.25) is 5.91 Å². The predicted molar refractivity (Wildman–Crippen MR) is 106 cm³/mol. The van der Waals surface area contributed by atoms with Gasteiger partial charge in [-0.1, -0.05) is 103 Å². The fraction of sp³-hybridized carbons (Fsp3) is 0.950. The number of unbranched alkanes of at least 4 members (excludes halogenated alkanes) is 15. The van der Waals surface area contributed by atoms with Crippen LogP contribution in [-0.2, 0) is 4.79 Å². The van der Waals surface area contributed by atoms with Crippen molar-refractivity contribution in [1.29, 1.82) is 0 Å². The maximum atomic E-state index is 11.0. The second-order valence-corrected chi connectivity index (χ2v) is 7.13. The second-order valence-electron chi connectivity index (χ2n) is 6.81. The van der Waals surface area contributed by atoms with Crippen LogP contribution in [0.25, 0.3) is 0 Å². The Labute approximate surface area is 151 Å². The summed E-state index contributed by atoms with van der Waals surface area (Å²) in [4.78, 5) is 11.0. The molecule has 1 amide bonds. The van der Waals surface area contributed by atoms with Gasteiger partial charge in [0.15, 0.2) is 0 Å². The molecule has 0 unspecified atom stereocenters. The highest BCUT2D eigenvalue weighted by molar-refractivity contribution is 7.81. The van der Waals surface area contributed by atoms with Crippen molar-refractivity contribution in [2.45, 2.75) is 110 Å². The van der Waals surface area contributed by atoms with Crippen molar-refractivity contribution in [2.75, 3.05) is 12.3 Å². The van der Waals surface area contributed by atoms with Gasteiger partial charge in [-0.25, -0.2) is 0 Å². The van der Waals surface area contributed by atoms with E-state index in [1.807, 2.05) is 0 Å². The fourth-order valence-corrected chi connectivity index (χ4v) is 3.07. The lowest BCUT2D eigenvalue weighted by Gasteiger charge is -2.04. The maximum absolute atomic E-state index is 11.0. The Morgan fingerprint density at radius 2 is 1.00 bits per heavy atom. The molecule has 0 aliphatic rings. The number of hydrogen-bond acceptors (Lipinski definition) is 2. The number of carbonyl (C=O) groups is 1. The molecule has 3 heteroatoms. The molecule has 0 aromatic rings. The summed E-state index contributed by atoms with van der Waals surface area (Å²) in [5, 5.41) is 2.87. The number of rotatable bonds is 18. The molecule has 1 N–H and O–H groups in total. The lowest BCUT2D eigenvalue weighted by molar-refractivity contribution is -0.118. The molecule has 0 aliphatic carbocycles. The minimum atomic E-state index is 0.0503. The van der Waals surface area contributed by atoms with Crippen molar-refractivity contribution < 1.29 is 4.79 Å². The zero-order chi connectivity index (χ0) is 17.0. The summed E-state index contributed by atoms with van der Waals surface area (Å²) in [6.07, 6.45) is 22.1. The largest absolute Gasteiger partial charge is 0.355 e. The minimum Gasteiger partial charge on any atom is -0.355 e. The van der Waals surface area contributed by atoms with E-state index >= 15 is 0 Å². The Morgan fingerprint density at radius 1 is 0.652 bits per heavy atom. The van der Waals surface area contributed by atoms with Crippen molar-refractivity contribution in [3.8, 4) is 0 Å². The molecule has 0 aliphatic heterocycles. The van der Waals surface area contributed by atoms with Crippen molar-refractivity contribution in [1.82, 2.24) is 5.32 Å². The summed E-state index contributed by atoms with van der Waals surface area (Å²) in [7, 11) is 0. The average Bonchev–Trinajstić information content (AvgIpc) is 2.57. The van der Waals surface area contributed by atoms with E-state index in [0.717, 1.165) is 13.0 Å². The first-order valence-corrected chi connectivity index (χ1v) is 10.8. The van der Waals surface area contributed by atoms with E-state index in [-0.39, 0.29) is 5.91 Å². The van der Waals surface area contributed by atoms with Crippen LogP contribution in [0.15, 0.2) is 0 Å². The van der Waals surface area contributed by atoms with Gasteiger partial charge in [0.25, 0.3) is 0 Å². The van der Waals surface area contributed by atoms with E-state index in [4.69, 9.17) is 0 Å². The van der Waals surface area contributed by atoms with Crippen LogP contribution in [0.2, 0.25) is 0 Å². The maximum Gasteiger partial charge on any atom is 0.229 e. The van der Waals surface area contributed by atoms with Gasteiger partial charge < -0.3 is 5.32 Å². The first-order chi connectivity index (χ1) is 11.3. The van der Waals surface area contributed by atoms with Gasteiger partial charge in [0.05, 0.1) is 5.75 Å². The van der Waals surface area contributed by atoms with E-state index in [9.17, 15) is 4.79 Å². The number of nitrogens with one attached hydrogen (secondary N) is 1. The lowest BCUT2D eigenvalue weighted by Crippen LogP contribution is -2.25. The van der Waals surface area contributed by atoms with Gasteiger partial charge in [-0.15, -0.1) is 0 Å². The summed E-state index contributed by atoms with van der Waals surface area (Å²) in [6.45, 7) is 3.10. The normalized spacial score (nSPS) is 10.9. The average molecular weight is 344 g/mol. The molecule has 0 saturated carbocycles. The van der Waals surface area contributed by atoms with E-state index in [2.05, 4.69) is 24.9 Å². The second kappa shape index (κ2) is 19.9. The van der Waals surface area contributed by atoms with Crippen molar-refractivity contribution in [2.24, 2.45) is 0 Å². The van der Waals surface area contributed by atoms with Crippen LogP contribution in [0.3, 0.4) is 0 Å². The molecule has 0 radical (unpaired) electrons. The van der Waals surface area contributed by atoms with Crippen LogP contribution >= 0.6 is 12.6 Å². The van der Waals surface area contributed by atoms with Crippen LogP contribution in [0.4, 0.5) is 0 Å². The third kappa shape index (κ3) is 19.8. The van der Waals surface area contributed by atoms with Gasteiger partial charge in [-0.05, 0) is 6.42 Å². The Morgan fingerprint density at radius 3 is 1.35 bits per heavy atom. The van der Waals surface area contributed by atoms with Crippen LogP contribution in [0.5, 0.6) is 0 Å². The van der Waals surface area contributed by atoms with Crippen LogP contribution in [-0.4, -0.2) is 18.2 Å². The lowest BCUT2D eigenvalue weighted by atomic mass is 10.0. The Kier molecular flexibility index (Phi) is 19.7. The predicted octanol–water partition coefficient (Wildman–Crippen LogP) is 6.29. The Hall–Kier alpha value is -0.180. The van der Waals surface area contributed by atoms with Gasteiger partial charge in [0.1, 0.15) is 0 Å². The van der Waals surface area contributed by atoms with Gasteiger partial charge in [-0.3, -0.25) is 4.79 Å². The molecular formula is C20H41NOS. The molecule has 0 saturated heterocycles. The van der Waals surface area contributed by atoms with E-state index in [1.54, 1.807) is 0 Å². The van der Waals surface area contributed by atoms with E-state index in [1.165, 1.54) is 96.3 Å². The standard InChI is InChI=1S/C20H41NOS/c1-2-3-4-5-6-7-8-9-10-11-12-13-14-15-16-17-18-21-20(22)19-23/h23H,2-19H2,1H3,(H,21,22). The third-order valence-electron chi connectivity index (χ3n) is 4.50. The number of carbonyl (C=O) groups excluding carboxylic acids is 1. The summed E-state index contributed by atoms with van der Waals surface area (Å²) >= 11 is 3.94. The van der Waals surface area contributed by atoms with Gasteiger partial charge in [-0.2, -0.15) is 12.6 Å². The molecule has 0 rings (SSSR count). The molecule has 0 aromatic carbocycles. The number of amides is 1. The highest BCUT2D eigenvalue weighted by Crippen LogP contribution is 2.13. The first kappa shape index (κ1) is 22.8. The smallest absolute Gasteiger partial charge is 0.229 e. The molecule has 2 nitrogen and oxygen atoms in total. The van der Waals surface area contributed by atoms with Crippen molar-refractivity contribution in [3.05, 3.63) is 0 Å². The van der Waals surface area contributed by atoms with Gasteiger partial charge >= 0.3 is 0 Å². The molecule has 138 valence electrons. The quantitative estimate of drug-likeness (QED) is 0.222. The molecule has 23 heavy (non-hydrogen) atoms. The highest BCUT2D eigenvalue weighted by atomic mass is 32.1. The molecule has 0 bridgehead atoms. The monoisotopic (exact) mass is 343 g/mol. The molecule has 0 atom stereocenters.